The number of hydrogen-bond acceptors (Lipinski definition) is 3. The summed E-state index contributed by atoms with van der Waals surface area (Å²) in [5.74, 6) is 0.243. The summed E-state index contributed by atoms with van der Waals surface area (Å²) in [7, 11) is 0. The van der Waals surface area contributed by atoms with E-state index < -0.39 is 0 Å². The van der Waals surface area contributed by atoms with Crippen molar-refractivity contribution >= 4 is 11.8 Å². The van der Waals surface area contributed by atoms with Crippen molar-refractivity contribution in [1.82, 2.24) is 15.1 Å². The Bertz CT molecular complexity index is 367. The van der Waals surface area contributed by atoms with Gasteiger partial charge in [-0.1, -0.05) is 26.2 Å². The Morgan fingerprint density at radius 1 is 1.33 bits per heavy atom. The average molecular weight is 295 g/mol. The lowest BCUT2D eigenvalue weighted by Crippen LogP contribution is -2.57. The van der Waals surface area contributed by atoms with Gasteiger partial charge in [0.1, 0.15) is 0 Å². The van der Waals surface area contributed by atoms with Crippen molar-refractivity contribution in [1.29, 1.82) is 0 Å². The summed E-state index contributed by atoms with van der Waals surface area (Å²) < 4.78 is 0. The molecule has 120 valence electrons. The molecule has 0 aromatic heterocycles. The van der Waals surface area contributed by atoms with E-state index in [2.05, 4.69) is 12.2 Å². The summed E-state index contributed by atoms with van der Waals surface area (Å²) >= 11 is 0. The van der Waals surface area contributed by atoms with Crippen molar-refractivity contribution in [2.75, 3.05) is 26.2 Å². The van der Waals surface area contributed by atoms with Gasteiger partial charge in [0.15, 0.2) is 0 Å². The van der Waals surface area contributed by atoms with Crippen molar-refractivity contribution in [2.24, 2.45) is 0 Å². The van der Waals surface area contributed by atoms with Gasteiger partial charge in [-0.15, -0.1) is 0 Å². The van der Waals surface area contributed by atoms with Crippen LogP contribution in [0.25, 0.3) is 0 Å². The van der Waals surface area contributed by atoms with Gasteiger partial charge in [-0.05, 0) is 26.2 Å². The number of rotatable bonds is 6. The maximum atomic E-state index is 12.3. The molecule has 0 radical (unpaired) electrons. The highest BCUT2D eigenvalue weighted by molar-refractivity contribution is 5.84. The summed E-state index contributed by atoms with van der Waals surface area (Å²) in [5.41, 5.74) is 0. The minimum atomic E-state index is -0.206. The summed E-state index contributed by atoms with van der Waals surface area (Å²) in [4.78, 5) is 28.4. The quantitative estimate of drug-likeness (QED) is 0.805. The third-order valence-electron chi connectivity index (χ3n) is 4.76. The van der Waals surface area contributed by atoms with E-state index in [0.717, 1.165) is 45.3 Å². The van der Waals surface area contributed by atoms with E-state index in [4.69, 9.17) is 0 Å². The van der Waals surface area contributed by atoms with Crippen LogP contribution in [0.4, 0.5) is 0 Å². The lowest BCUT2D eigenvalue weighted by atomic mass is 10.1. The largest absolute Gasteiger partial charge is 0.352 e. The summed E-state index contributed by atoms with van der Waals surface area (Å²) in [6.07, 6.45) is 6.79. The highest BCUT2D eigenvalue weighted by Crippen LogP contribution is 2.18. The van der Waals surface area contributed by atoms with E-state index in [9.17, 15) is 9.59 Å². The van der Waals surface area contributed by atoms with Gasteiger partial charge in [-0.25, -0.2) is 0 Å². The van der Waals surface area contributed by atoms with Crippen LogP contribution in [0.1, 0.15) is 52.4 Å². The minimum absolute atomic E-state index is 0.0803. The number of hydrogen-bond donors (Lipinski definition) is 1. The van der Waals surface area contributed by atoms with E-state index in [1.54, 1.807) is 0 Å². The topological polar surface area (TPSA) is 52.6 Å². The Morgan fingerprint density at radius 2 is 2.05 bits per heavy atom. The molecule has 2 fully saturated rings. The van der Waals surface area contributed by atoms with E-state index in [0.29, 0.717) is 12.6 Å². The Labute approximate surface area is 128 Å². The number of unbranched alkanes of at least 4 members (excludes halogenated alkanes) is 1. The van der Waals surface area contributed by atoms with Gasteiger partial charge in [0, 0.05) is 25.7 Å². The second-order valence-corrected chi connectivity index (χ2v) is 6.37. The summed E-state index contributed by atoms with van der Waals surface area (Å²) in [6.45, 7) is 6.83. The van der Waals surface area contributed by atoms with Crippen LogP contribution in [-0.2, 0) is 9.59 Å². The monoisotopic (exact) mass is 295 g/mol. The number of piperazine rings is 1. The Balaban J connectivity index is 1.79. The highest BCUT2D eigenvalue weighted by Gasteiger charge is 2.30. The Kier molecular flexibility index (Phi) is 6.03. The number of nitrogens with zero attached hydrogens (tertiary/aromatic N) is 2. The molecule has 0 bridgehead atoms. The molecule has 2 aliphatic rings. The fourth-order valence-electron chi connectivity index (χ4n) is 3.20. The highest BCUT2D eigenvalue weighted by atomic mass is 16.2. The second-order valence-electron chi connectivity index (χ2n) is 6.37. The molecule has 1 aliphatic carbocycles. The molecule has 0 spiro atoms. The Morgan fingerprint density at radius 3 is 2.67 bits per heavy atom. The zero-order valence-corrected chi connectivity index (χ0v) is 13.4. The molecule has 1 N–H and O–H groups in total. The number of carbonyl (C=O) groups excluding carboxylic acids is 2. The third kappa shape index (κ3) is 4.43. The van der Waals surface area contributed by atoms with Crippen LogP contribution >= 0.6 is 0 Å². The molecule has 2 rings (SSSR count). The van der Waals surface area contributed by atoms with Crippen LogP contribution in [0.3, 0.4) is 0 Å². The van der Waals surface area contributed by atoms with Crippen molar-refractivity contribution < 1.29 is 9.59 Å². The molecule has 1 saturated carbocycles. The van der Waals surface area contributed by atoms with Crippen molar-refractivity contribution in [3.8, 4) is 0 Å². The molecule has 21 heavy (non-hydrogen) atoms. The van der Waals surface area contributed by atoms with Crippen LogP contribution in [0.2, 0.25) is 0 Å². The molecule has 0 aromatic carbocycles. The SMILES string of the molecule is CCCCN1CCN([C@H](C)C(=O)NC2CCCC2)CC1=O. The lowest BCUT2D eigenvalue weighted by Gasteiger charge is -2.37. The zero-order chi connectivity index (χ0) is 15.2. The summed E-state index contributed by atoms with van der Waals surface area (Å²) in [5, 5.41) is 3.13. The van der Waals surface area contributed by atoms with Crippen LogP contribution in [0.5, 0.6) is 0 Å². The molecular formula is C16H29N3O2. The molecule has 0 aromatic rings. The normalized spacial score (nSPS) is 22.6. The molecule has 5 nitrogen and oxygen atoms in total. The molecule has 1 heterocycles. The van der Waals surface area contributed by atoms with Crippen LogP contribution in [0.15, 0.2) is 0 Å². The molecule has 1 saturated heterocycles. The fourth-order valence-corrected chi connectivity index (χ4v) is 3.20. The Hall–Kier alpha value is -1.10. The molecule has 5 heteroatoms. The van der Waals surface area contributed by atoms with Gasteiger partial charge >= 0.3 is 0 Å². The van der Waals surface area contributed by atoms with Gasteiger partial charge < -0.3 is 10.2 Å². The maximum absolute atomic E-state index is 12.3. The molecule has 1 aliphatic heterocycles. The van der Waals surface area contributed by atoms with Crippen molar-refractivity contribution in [3.05, 3.63) is 0 Å². The van der Waals surface area contributed by atoms with Crippen molar-refractivity contribution in [2.45, 2.75) is 64.5 Å². The zero-order valence-electron chi connectivity index (χ0n) is 13.4. The van der Waals surface area contributed by atoms with Gasteiger partial charge in [0.2, 0.25) is 11.8 Å². The first-order valence-corrected chi connectivity index (χ1v) is 8.44. The van der Waals surface area contributed by atoms with E-state index in [1.165, 1.54) is 12.8 Å². The smallest absolute Gasteiger partial charge is 0.237 e. The van der Waals surface area contributed by atoms with Crippen molar-refractivity contribution in [3.63, 3.8) is 0 Å². The molecule has 2 amide bonds. The van der Waals surface area contributed by atoms with Gasteiger partial charge in [0.25, 0.3) is 0 Å². The van der Waals surface area contributed by atoms with Crippen LogP contribution in [0, 0.1) is 0 Å². The third-order valence-corrected chi connectivity index (χ3v) is 4.76. The fraction of sp³-hybridized carbons (Fsp3) is 0.875. The summed E-state index contributed by atoms with van der Waals surface area (Å²) in [6, 6.07) is 0.143. The predicted molar refractivity (Wildman–Crippen MR) is 82.9 cm³/mol. The van der Waals surface area contributed by atoms with E-state index >= 15 is 0 Å². The van der Waals surface area contributed by atoms with Gasteiger partial charge in [-0.2, -0.15) is 0 Å². The van der Waals surface area contributed by atoms with E-state index in [1.807, 2.05) is 16.7 Å². The second kappa shape index (κ2) is 7.78. The number of amides is 2. The average Bonchev–Trinajstić information content (AvgIpc) is 2.98. The van der Waals surface area contributed by atoms with Gasteiger partial charge in [0.05, 0.1) is 12.6 Å². The first kappa shape index (κ1) is 16.3. The number of carbonyl (C=O) groups is 2. The minimum Gasteiger partial charge on any atom is -0.352 e. The molecule has 1 atom stereocenters. The van der Waals surface area contributed by atoms with Gasteiger partial charge in [-0.3, -0.25) is 14.5 Å². The van der Waals surface area contributed by atoms with Crippen LogP contribution < -0.4 is 5.32 Å². The molecule has 0 unspecified atom stereocenters. The first-order valence-electron chi connectivity index (χ1n) is 8.44. The maximum Gasteiger partial charge on any atom is 0.237 e. The van der Waals surface area contributed by atoms with Crippen LogP contribution in [-0.4, -0.2) is 59.9 Å². The number of nitrogens with one attached hydrogen (secondary N) is 1. The predicted octanol–water partition coefficient (Wildman–Crippen LogP) is 1.38. The standard InChI is InChI=1S/C16H29N3O2/c1-3-4-9-18-10-11-19(12-15(18)20)13(2)16(21)17-14-7-5-6-8-14/h13-14H,3-12H2,1-2H3,(H,17,21)/t13-/m1/s1. The molecular weight excluding hydrogens is 266 g/mol. The lowest BCUT2D eigenvalue weighted by molar-refractivity contribution is -0.139. The first-order chi connectivity index (χ1) is 10.1. The van der Waals surface area contributed by atoms with E-state index in [-0.39, 0.29) is 17.9 Å².